The molecule has 4 rings (SSSR count). The molecule has 1 saturated carbocycles. The van der Waals surface area contributed by atoms with Gasteiger partial charge in [-0.25, -0.2) is 8.42 Å². The zero-order valence-corrected chi connectivity index (χ0v) is 28.1. The predicted octanol–water partition coefficient (Wildman–Crippen LogP) is 6.26. The van der Waals surface area contributed by atoms with Crippen molar-refractivity contribution in [2.45, 2.75) is 75.8 Å². The van der Waals surface area contributed by atoms with Gasteiger partial charge in [0.2, 0.25) is 11.8 Å². The summed E-state index contributed by atoms with van der Waals surface area (Å²) in [5.74, 6) is -0.142. The van der Waals surface area contributed by atoms with Crippen LogP contribution in [0, 0.1) is 6.92 Å². The highest BCUT2D eigenvalue weighted by atomic mass is 79.9. The van der Waals surface area contributed by atoms with Gasteiger partial charge in [0.25, 0.3) is 10.0 Å². The van der Waals surface area contributed by atoms with Crippen LogP contribution in [-0.2, 0) is 26.0 Å². The predicted molar refractivity (Wildman–Crippen MR) is 177 cm³/mol. The second kappa shape index (κ2) is 15.6. The van der Waals surface area contributed by atoms with Gasteiger partial charge in [-0.3, -0.25) is 13.9 Å². The third-order valence-electron chi connectivity index (χ3n) is 8.13. The van der Waals surface area contributed by atoms with E-state index < -0.39 is 28.5 Å². The first-order valence-corrected chi connectivity index (χ1v) is 17.4. The second-order valence-corrected chi connectivity index (χ2v) is 14.0. The molecule has 10 heteroatoms. The van der Waals surface area contributed by atoms with E-state index in [2.05, 4.69) is 21.2 Å². The molecule has 0 saturated heterocycles. The number of rotatable bonds is 13. The Morgan fingerprint density at radius 3 is 2.30 bits per heavy atom. The molecule has 0 bridgehead atoms. The number of anilines is 1. The van der Waals surface area contributed by atoms with Crippen LogP contribution in [0.5, 0.6) is 5.75 Å². The summed E-state index contributed by atoms with van der Waals surface area (Å²) in [4.78, 5) is 29.5. The van der Waals surface area contributed by atoms with Crippen LogP contribution in [0.25, 0.3) is 0 Å². The molecular formula is C34H42BrN3O5S. The molecule has 44 heavy (non-hydrogen) atoms. The van der Waals surface area contributed by atoms with Crippen molar-refractivity contribution in [2.75, 3.05) is 24.5 Å². The van der Waals surface area contributed by atoms with Gasteiger partial charge in [-0.2, -0.15) is 0 Å². The van der Waals surface area contributed by atoms with Crippen LogP contribution in [0.3, 0.4) is 0 Å². The average Bonchev–Trinajstić information content (AvgIpc) is 3.03. The van der Waals surface area contributed by atoms with Crippen LogP contribution in [-0.4, -0.2) is 57.4 Å². The molecule has 236 valence electrons. The van der Waals surface area contributed by atoms with Crippen LogP contribution in [0.1, 0.15) is 56.6 Å². The van der Waals surface area contributed by atoms with E-state index in [1.54, 1.807) is 23.1 Å². The molecule has 0 aromatic heterocycles. The Balaban J connectivity index is 1.68. The molecule has 0 unspecified atom stereocenters. The van der Waals surface area contributed by atoms with Crippen molar-refractivity contribution in [3.63, 3.8) is 0 Å². The monoisotopic (exact) mass is 683 g/mol. The third-order valence-corrected chi connectivity index (χ3v) is 10.5. The maximum atomic E-state index is 14.3. The molecule has 1 N–H and O–H groups in total. The number of carbonyl (C=O) groups excluding carboxylic acids is 2. The van der Waals surface area contributed by atoms with E-state index >= 15 is 0 Å². The van der Waals surface area contributed by atoms with Gasteiger partial charge in [-0.1, -0.05) is 74.2 Å². The smallest absolute Gasteiger partial charge is 0.264 e. The van der Waals surface area contributed by atoms with E-state index in [0.717, 1.165) is 41.1 Å². The normalized spacial score (nSPS) is 14.5. The molecule has 1 aliphatic carbocycles. The lowest BCUT2D eigenvalue weighted by Crippen LogP contribution is -2.54. The summed E-state index contributed by atoms with van der Waals surface area (Å²) in [6, 6.07) is 20.6. The fraction of sp³-hybridized carbons (Fsp3) is 0.412. The van der Waals surface area contributed by atoms with Crippen molar-refractivity contribution in [3.05, 3.63) is 88.4 Å². The summed E-state index contributed by atoms with van der Waals surface area (Å²) in [5, 5.41) is 3.19. The molecule has 0 aliphatic heterocycles. The molecule has 1 aliphatic rings. The molecule has 0 spiro atoms. The van der Waals surface area contributed by atoms with Crippen molar-refractivity contribution in [2.24, 2.45) is 0 Å². The van der Waals surface area contributed by atoms with Crippen molar-refractivity contribution in [3.8, 4) is 5.75 Å². The highest BCUT2D eigenvalue weighted by Crippen LogP contribution is 2.31. The number of hydrogen-bond donors (Lipinski definition) is 1. The maximum absolute atomic E-state index is 14.3. The van der Waals surface area contributed by atoms with Gasteiger partial charge in [0.15, 0.2) is 0 Å². The molecule has 3 aromatic rings. The molecule has 1 fully saturated rings. The van der Waals surface area contributed by atoms with Crippen molar-refractivity contribution >= 4 is 43.5 Å². The fourth-order valence-corrected chi connectivity index (χ4v) is 7.75. The van der Waals surface area contributed by atoms with Gasteiger partial charge in [0, 0.05) is 12.6 Å². The standard InChI is InChI=1S/C34H42BrN3O5S/c1-4-31(34(40)36-27-13-9-6-10-14-27)37(22-21-26-11-7-5-8-12-26)33(39)24-38(28-17-15-25(2)16-18-28)44(41,42)29-19-20-32(43-3)30(35)23-29/h5,7-8,11-12,15-20,23,27,31H,4,6,9-10,13-14,21-22,24H2,1-3H3,(H,36,40)/t31-/m0/s1. The number of sulfonamides is 1. The highest BCUT2D eigenvalue weighted by molar-refractivity contribution is 9.10. The number of aryl methyl sites for hydroxylation is 1. The van der Waals surface area contributed by atoms with Crippen LogP contribution < -0.4 is 14.4 Å². The molecule has 8 nitrogen and oxygen atoms in total. The summed E-state index contributed by atoms with van der Waals surface area (Å²) in [6.45, 7) is 3.61. The largest absolute Gasteiger partial charge is 0.496 e. The number of amides is 2. The van der Waals surface area contributed by atoms with Gasteiger partial charge in [-0.05, 0) is 84.4 Å². The number of carbonyl (C=O) groups is 2. The molecule has 0 heterocycles. The van der Waals surface area contributed by atoms with Crippen molar-refractivity contribution in [1.82, 2.24) is 10.2 Å². The SMILES string of the molecule is CC[C@@H](C(=O)NC1CCCCC1)N(CCc1ccccc1)C(=O)CN(c1ccc(C)cc1)S(=O)(=O)c1ccc(OC)c(Br)c1. The van der Waals surface area contributed by atoms with Gasteiger partial charge in [0.05, 0.1) is 22.2 Å². The van der Waals surface area contributed by atoms with E-state index in [-0.39, 0.29) is 23.4 Å². The van der Waals surface area contributed by atoms with Crippen molar-refractivity contribution < 1.29 is 22.7 Å². The number of methoxy groups -OCH3 is 1. The Morgan fingerprint density at radius 2 is 1.68 bits per heavy atom. The Hall–Kier alpha value is -3.37. The molecule has 3 aromatic carbocycles. The lowest BCUT2D eigenvalue weighted by Gasteiger charge is -2.34. The number of benzene rings is 3. The van der Waals surface area contributed by atoms with Crippen LogP contribution in [0.15, 0.2) is 82.2 Å². The number of halogens is 1. The molecule has 2 amide bonds. The zero-order chi connectivity index (χ0) is 31.7. The van der Waals surface area contributed by atoms with Crippen LogP contribution in [0.4, 0.5) is 5.69 Å². The van der Waals surface area contributed by atoms with E-state index in [9.17, 15) is 18.0 Å². The first-order valence-electron chi connectivity index (χ1n) is 15.2. The fourth-order valence-electron chi connectivity index (χ4n) is 5.61. The van der Waals surface area contributed by atoms with Crippen LogP contribution >= 0.6 is 15.9 Å². The quantitative estimate of drug-likeness (QED) is 0.230. The minimum Gasteiger partial charge on any atom is -0.496 e. The number of nitrogens with one attached hydrogen (secondary N) is 1. The first-order chi connectivity index (χ1) is 21.1. The minimum atomic E-state index is -4.19. The van der Waals surface area contributed by atoms with Gasteiger partial charge < -0.3 is 15.0 Å². The number of nitrogens with zero attached hydrogens (tertiary/aromatic N) is 2. The Labute approximate surface area is 270 Å². The number of ether oxygens (including phenoxy) is 1. The van der Waals surface area contributed by atoms with E-state index in [0.29, 0.717) is 28.8 Å². The number of hydrogen-bond acceptors (Lipinski definition) is 5. The summed E-state index contributed by atoms with van der Waals surface area (Å²) in [6.07, 6.45) is 6.10. The minimum absolute atomic E-state index is 0.0106. The molecule has 0 radical (unpaired) electrons. The summed E-state index contributed by atoms with van der Waals surface area (Å²) >= 11 is 3.39. The lowest BCUT2D eigenvalue weighted by molar-refractivity contribution is -0.140. The third kappa shape index (κ3) is 8.41. The first kappa shape index (κ1) is 33.5. The molecular weight excluding hydrogens is 642 g/mol. The second-order valence-electron chi connectivity index (χ2n) is 11.2. The summed E-state index contributed by atoms with van der Waals surface area (Å²) in [7, 11) is -2.68. The summed E-state index contributed by atoms with van der Waals surface area (Å²) in [5.41, 5.74) is 2.34. The van der Waals surface area contributed by atoms with E-state index in [1.807, 2.05) is 56.3 Å². The van der Waals surface area contributed by atoms with Gasteiger partial charge in [0.1, 0.15) is 18.3 Å². The van der Waals surface area contributed by atoms with Crippen molar-refractivity contribution in [1.29, 1.82) is 0 Å². The average molecular weight is 685 g/mol. The molecule has 1 atom stereocenters. The van der Waals surface area contributed by atoms with E-state index in [1.165, 1.54) is 25.7 Å². The Morgan fingerprint density at radius 1 is 1.00 bits per heavy atom. The zero-order valence-electron chi connectivity index (χ0n) is 25.7. The highest BCUT2D eigenvalue weighted by Gasteiger charge is 2.34. The summed E-state index contributed by atoms with van der Waals surface area (Å²) < 4.78 is 35.2. The Bertz CT molecular complexity index is 1510. The lowest BCUT2D eigenvalue weighted by atomic mass is 9.95. The van der Waals surface area contributed by atoms with E-state index in [4.69, 9.17) is 4.74 Å². The maximum Gasteiger partial charge on any atom is 0.264 e. The van der Waals surface area contributed by atoms with Gasteiger partial charge >= 0.3 is 0 Å². The topological polar surface area (TPSA) is 96.0 Å². The van der Waals surface area contributed by atoms with Crippen LogP contribution in [0.2, 0.25) is 0 Å². The Kier molecular flexibility index (Phi) is 11.9. The van der Waals surface area contributed by atoms with Gasteiger partial charge in [-0.15, -0.1) is 0 Å².